The van der Waals surface area contributed by atoms with E-state index in [-0.39, 0.29) is 11.5 Å². The zero-order chi connectivity index (χ0) is 13.0. The SMILES string of the molecule is CC.CCC.CNc1ncnc(N)c1NF. The van der Waals surface area contributed by atoms with E-state index >= 15 is 0 Å². The molecule has 0 aliphatic rings. The molecule has 0 saturated heterocycles. The van der Waals surface area contributed by atoms with Gasteiger partial charge in [-0.3, -0.25) is 0 Å². The van der Waals surface area contributed by atoms with Gasteiger partial charge in [0, 0.05) is 7.05 Å². The smallest absolute Gasteiger partial charge is 0.157 e. The van der Waals surface area contributed by atoms with Crippen molar-refractivity contribution >= 4 is 17.3 Å². The molecule has 0 spiro atoms. The lowest BCUT2D eigenvalue weighted by Crippen LogP contribution is -2.02. The predicted molar refractivity (Wildman–Crippen MR) is 68.0 cm³/mol. The molecule has 5 nitrogen and oxygen atoms in total. The summed E-state index contributed by atoms with van der Waals surface area (Å²) in [6.07, 6.45) is 2.50. The average Bonchev–Trinajstić information content (AvgIpc) is 2.32. The van der Waals surface area contributed by atoms with Crippen LogP contribution in [0.25, 0.3) is 0 Å². The number of nitrogen functional groups attached to an aromatic ring is 1. The summed E-state index contributed by atoms with van der Waals surface area (Å²) >= 11 is 0. The van der Waals surface area contributed by atoms with Crippen LogP contribution < -0.4 is 16.6 Å². The maximum atomic E-state index is 12.0. The molecule has 0 amide bonds. The number of nitrogens with one attached hydrogen (secondary N) is 2. The zero-order valence-electron chi connectivity index (χ0n) is 10.6. The average molecular weight is 231 g/mol. The topological polar surface area (TPSA) is 75.9 Å². The van der Waals surface area contributed by atoms with Gasteiger partial charge in [-0.25, -0.2) is 15.5 Å². The summed E-state index contributed by atoms with van der Waals surface area (Å²) in [5, 5.41) is 2.65. The number of hydrogen-bond donors (Lipinski definition) is 3. The first-order chi connectivity index (χ1) is 7.71. The van der Waals surface area contributed by atoms with Crippen LogP contribution in [0.2, 0.25) is 0 Å². The Morgan fingerprint density at radius 3 is 2.12 bits per heavy atom. The molecule has 0 bridgehead atoms. The molecular formula is C10H22FN5. The molecule has 94 valence electrons. The molecule has 16 heavy (non-hydrogen) atoms. The van der Waals surface area contributed by atoms with Crippen LogP contribution in [-0.2, 0) is 0 Å². The second kappa shape index (κ2) is 11.5. The van der Waals surface area contributed by atoms with Crippen LogP contribution in [0.15, 0.2) is 6.33 Å². The molecule has 1 aromatic heterocycles. The Hall–Kier alpha value is -1.59. The van der Waals surface area contributed by atoms with Gasteiger partial charge in [-0.05, 0) is 0 Å². The van der Waals surface area contributed by atoms with Gasteiger partial charge in [-0.2, -0.15) is 0 Å². The Labute approximate surface area is 96.6 Å². The van der Waals surface area contributed by atoms with Gasteiger partial charge in [-0.1, -0.05) is 34.1 Å². The van der Waals surface area contributed by atoms with E-state index in [2.05, 4.69) is 29.1 Å². The van der Waals surface area contributed by atoms with Crippen molar-refractivity contribution in [2.45, 2.75) is 34.1 Å². The Morgan fingerprint density at radius 1 is 1.31 bits per heavy atom. The van der Waals surface area contributed by atoms with E-state index in [9.17, 15) is 4.48 Å². The highest BCUT2D eigenvalue weighted by molar-refractivity contribution is 5.73. The normalized spacial score (nSPS) is 7.88. The lowest BCUT2D eigenvalue weighted by atomic mass is 10.4. The summed E-state index contributed by atoms with van der Waals surface area (Å²) < 4.78 is 12.0. The molecule has 1 heterocycles. The van der Waals surface area contributed by atoms with Crippen LogP contribution in [0, 0.1) is 0 Å². The molecule has 0 aliphatic heterocycles. The number of anilines is 3. The van der Waals surface area contributed by atoms with Crippen molar-refractivity contribution in [2.75, 3.05) is 23.6 Å². The van der Waals surface area contributed by atoms with Crippen molar-refractivity contribution in [1.82, 2.24) is 9.97 Å². The highest BCUT2D eigenvalue weighted by atomic mass is 19.2. The second-order valence-electron chi connectivity index (χ2n) is 2.53. The standard InChI is InChI=1S/C5H8FN5.C3H8.C2H6/c1-8-5-3(11-6)4(7)9-2-10-5;1-3-2;1-2/h2,11H,1H3,(H3,7,8,9,10);3H2,1-2H3;1-2H3. The van der Waals surface area contributed by atoms with Crippen LogP contribution in [0.5, 0.6) is 0 Å². The van der Waals surface area contributed by atoms with Crippen molar-refractivity contribution in [1.29, 1.82) is 0 Å². The van der Waals surface area contributed by atoms with Crippen LogP contribution in [0.3, 0.4) is 0 Å². The Morgan fingerprint density at radius 2 is 1.81 bits per heavy atom. The number of nitrogens with zero attached hydrogens (tertiary/aromatic N) is 2. The molecule has 1 aromatic rings. The lowest BCUT2D eigenvalue weighted by molar-refractivity contribution is 0.617. The Balaban J connectivity index is 0. The first-order valence-corrected chi connectivity index (χ1v) is 5.36. The molecule has 0 radical (unpaired) electrons. The van der Waals surface area contributed by atoms with Gasteiger partial charge in [0.05, 0.1) is 0 Å². The van der Waals surface area contributed by atoms with Crippen molar-refractivity contribution in [3.63, 3.8) is 0 Å². The lowest BCUT2D eigenvalue weighted by Gasteiger charge is -2.05. The minimum absolute atomic E-state index is 0.0648. The fourth-order valence-corrected chi connectivity index (χ4v) is 0.682. The van der Waals surface area contributed by atoms with E-state index in [1.54, 1.807) is 7.05 Å². The molecule has 0 atom stereocenters. The van der Waals surface area contributed by atoms with Gasteiger partial charge in [0.1, 0.15) is 12.0 Å². The summed E-state index contributed by atoms with van der Waals surface area (Å²) in [7, 11) is 1.61. The highest BCUT2D eigenvalue weighted by Crippen LogP contribution is 2.22. The first-order valence-electron chi connectivity index (χ1n) is 5.36. The van der Waals surface area contributed by atoms with Gasteiger partial charge >= 0.3 is 0 Å². The third-order valence-corrected chi connectivity index (χ3v) is 1.21. The minimum Gasteiger partial charge on any atom is -0.382 e. The molecule has 0 aliphatic carbocycles. The largest absolute Gasteiger partial charge is 0.382 e. The fraction of sp³-hybridized carbons (Fsp3) is 0.600. The first kappa shape index (κ1) is 16.8. The molecule has 6 heteroatoms. The maximum Gasteiger partial charge on any atom is 0.157 e. The molecule has 1 rings (SSSR count). The van der Waals surface area contributed by atoms with E-state index < -0.39 is 0 Å². The van der Waals surface area contributed by atoms with Gasteiger partial charge < -0.3 is 11.1 Å². The molecule has 0 unspecified atom stereocenters. The third-order valence-electron chi connectivity index (χ3n) is 1.21. The second-order valence-corrected chi connectivity index (χ2v) is 2.53. The van der Waals surface area contributed by atoms with E-state index in [0.29, 0.717) is 5.82 Å². The van der Waals surface area contributed by atoms with Gasteiger partial charge in [0.15, 0.2) is 11.6 Å². The van der Waals surface area contributed by atoms with Crippen molar-refractivity contribution < 1.29 is 4.48 Å². The number of nitrogens with two attached hydrogens (primary N) is 1. The summed E-state index contributed by atoms with van der Waals surface area (Å²) in [6.45, 7) is 8.25. The molecular weight excluding hydrogens is 209 g/mol. The fourth-order valence-electron chi connectivity index (χ4n) is 0.682. The van der Waals surface area contributed by atoms with Crippen LogP contribution in [-0.4, -0.2) is 17.0 Å². The summed E-state index contributed by atoms with van der Waals surface area (Å²) in [6, 6.07) is 0. The number of aromatic nitrogens is 2. The van der Waals surface area contributed by atoms with E-state index in [4.69, 9.17) is 5.73 Å². The van der Waals surface area contributed by atoms with E-state index in [0.717, 1.165) is 0 Å². The summed E-state index contributed by atoms with van der Waals surface area (Å²) in [5.41, 5.74) is 6.78. The van der Waals surface area contributed by atoms with Crippen LogP contribution in [0.1, 0.15) is 34.1 Å². The highest BCUT2D eigenvalue weighted by Gasteiger charge is 2.05. The van der Waals surface area contributed by atoms with Crippen molar-refractivity contribution in [3.8, 4) is 0 Å². The van der Waals surface area contributed by atoms with Gasteiger partial charge in [0.2, 0.25) is 0 Å². The molecule has 4 N–H and O–H groups in total. The monoisotopic (exact) mass is 231 g/mol. The van der Waals surface area contributed by atoms with E-state index in [1.807, 2.05) is 13.8 Å². The number of rotatable bonds is 2. The van der Waals surface area contributed by atoms with Crippen LogP contribution in [0.4, 0.5) is 21.8 Å². The third kappa shape index (κ3) is 6.00. The van der Waals surface area contributed by atoms with Crippen LogP contribution >= 0.6 is 0 Å². The Bertz CT molecular complexity index is 267. The summed E-state index contributed by atoms with van der Waals surface area (Å²) in [5.74, 6) is 0.409. The van der Waals surface area contributed by atoms with Crippen molar-refractivity contribution in [3.05, 3.63) is 6.33 Å². The zero-order valence-corrected chi connectivity index (χ0v) is 10.6. The quantitative estimate of drug-likeness (QED) is 0.682. The number of hydrogen-bond acceptors (Lipinski definition) is 5. The molecule has 0 saturated carbocycles. The summed E-state index contributed by atoms with van der Waals surface area (Å²) in [4.78, 5) is 7.31. The molecule has 0 fully saturated rings. The van der Waals surface area contributed by atoms with E-state index in [1.165, 1.54) is 18.3 Å². The minimum atomic E-state index is 0.0648. The number of halogens is 1. The van der Waals surface area contributed by atoms with Gasteiger partial charge in [-0.15, -0.1) is 4.48 Å². The van der Waals surface area contributed by atoms with Gasteiger partial charge in [0.25, 0.3) is 0 Å². The Kier molecular flexibility index (Phi) is 12.1. The van der Waals surface area contributed by atoms with Crippen molar-refractivity contribution in [2.24, 2.45) is 0 Å². The maximum absolute atomic E-state index is 12.0. The predicted octanol–water partition coefficient (Wildman–Crippen LogP) is 2.84. The molecule has 0 aromatic carbocycles.